The number of nitrogens with one attached hydrogen (secondary N) is 2. The zero-order valence-electron chi connectivity index (χ0n) is 15.0. The van der Waals surface area contributed by atoms with Crippen molar-refractivity contribution in [1.82, 2.24) is 25.0 Å². The lowest BCUT2D eigenvalue weighted by atomic mass is 10.1. The van der Waals surface area contributed by atoms with E-state index in [1.807, 2.05) is 25.2 Å². The topological polar surface area (TPSA) is 107 Å². The summed E-state index contributed by atoms with van der Waals surface area (Å²) in [7, 11) is 3.41. The number of hydrogen-bond donors (Lipinski definition) is 2. The van der Waals surface area contributed by atoms with Crippen LogP contribution < -0.4 is 15.4 Å². The number of aryl methyl sites for hydroxylation is 1. The lowest BCUT2D eigenvalue weighted by Crippen LogP contribution is -2.14. The molecule has 9 nitrogen and oxygen atoms in total. The molecule has 27 heavy (non-hydrogen) atoms. The predicted octanol–water partition coefficient (Wildman–Crippen LogP) is 2.37. The number of aromatic nitrogens is 5. The van der Waals surface area contributed by atoms with E-state index in [9.17, 15) is 4.79 Å². The molecule has 1 aliphatic rings. The van der Waals surface area contributed by atoms with Crippen LogP contribution >= 0.6 is 0 Å². The Morgan fingerprint density at radius 3 is 2.89 bits per heavy atom. The van der Waals surface area contributed by atoms with Gasteiger partial charge >= 0.3 is 0 Å². The molecule has 1 saturated carbocycles. The first-order valence-corrected chi connectivity index (χ1v) is 8.57. The summed E-state index contributed by atoms with van der Waals surface area (Å²) in [5.74, 6) is 1.69. The van der Waals surface area contributed by atoms with Crippen LogP contribution in [0.2, 0.25) is 0 Å². The Kier molecular flexibility index (Phi) is 4.41. The van der Waals surface area contributed by atoms with E-state index < -0.39 is 0 Å². The summed E-state index contributed by atoms with van der Waals surface area (Å²) in [5, 5.41) is 18.3. The quantitative estimate of drug-likeness (QED) is 0.690. The number of anilines is 3. The predicted molar refractivity (Wildman–Crippen MR) is 99.7 cm³/mol. The van der Waals surface area contributed by atoms with Gasteiger partial charge in [-0.15, -0.1) is 5.10 Å². The summed E-state index contributed by atoms with van der Waals surface area (Å²) in [6, 6.07) is 7.40. The lowest BCUT2D eigenvalue weighted by molar-refractivity contribution is -0.117. The molecule has 0 saturated heterocycles. The fraction of sp³-hybridized carbons (Fsp3) is 0.278. The zero-order chi connectivity index (χ0) is 18.8. The number of benzene rings is 1. The van der Waals surface area contributed by atoms with Gasteiger partial charge in [0, 0.05) is 19.0 Å². The number of carbonyl (C=O) groups is 1. The molecular weight excluding hydrogens is 346 g/mol. The third-order valence-electron chi connectivity index (χ3n) is 4.19. The van der Waals surface area contributed by atoms with E-state index in [1.165, 1.54) is 0 Å². The van der Waals surface area contributed by atoms with Gasteiger partial charge in [0.2, 0.25) is 5.91 Å². The minimum absolute atomic E-state index is 0.0118. The van der Waals surface area contributed by atoms with Crippen molar-refractivity contribution in [2.75, 3.05) is 17.7 Å². The highest BCUT2D eigenvalue weighted by molar-refractivity contribution is 5.93. The molecule has 0 spiro atoms. The second-order valence-electron chi connectivity index (χ2n) is 6.35. The average molecular weight is 365 g/mol. The summed E-state index contributed by atoms with van der Waals surface area (Å²) in [6.07, 6.45) is 5.08. The van der Waals surface area contributed by atoms with Crippen molar-refractivity contribution >= 4 is 23.1 Å². The van der Waals surface area contributed by atoms with Crippen LogP contribution in [0.4, 0.5) is 17.2 Å². The largest absolute Gasteiger partial charge is 0.494 e. The maximum atomic E-state index is 11.9. The molecule has 3 aromatic rings. The molecule has 9 heteroatoms. The van der Waals surface area contributed by atoms with Gasteiger partial charge in [-0.3, -0.25) is 9.48 Å². The molecule has 0 unspecified atom stereocenters. The molecule has 0 radical (unpaired) electrons. The van der Waals surface area contributed by atoms with Crippen LogP contribution in [-0.2, 0) is 11.8 Å². The second-order valence-corrected chi connectivity index (χ2v) is 6.35. The molecule has 2 aromatic heterocycles. The van der Waals surface area contributed by atoms with Gasteiger partial charge in [-0.2, -0.15) is 10.2 Å². The van der Waals surface area contributed by atoms with E-state index in [2.05, 4.69) is 30.9 Å². The van der Waals surface area contributed by atoms with E-state index in [4.69, 9.17) is 4.74 Å². The standard InChI is InChI=1S/C18H19N7O2/c1-25-10-19-17(24-25)13-4-3-5-14(16(13)27-2)21-12-8-15(23-20-9-12)22-18(26)11-6-7-11/h3-5,8-11H,6-7H2,1-2H3,(H2,21,22,23,26). The number of ether oxygens (including phenoxy) is 1. The van der Waals surface area contributed by atoms with Crippen LogP contribution in [0.15, 0.2) is 36.8 Å². The van der Waals surface area contributed by atoms with E-state index >= 15 is 0 Å². The van der Waals surface area contributed by atoms with E-state index in [1.54, 1.807) is 30.4 Å². The lowest BCUT2D eigenvalue weighted by Gasteiger charge is -2.14. The third-order valence-corrected chi connectivity index (χ3v) is 4.19. The molecule has 0 aliphatic heterocycles. The molecule has 2 heterocycles. The van der Waals surface area contributed by atoms with Crippen molar-refractivity contribution < 1.29 is 9.53 Å². The highest BCUT2D eigenvalue weighted by atomic mass is 16.5. The molecule has 1 fully saturated rings. The van der Waals surface area contributed by atoms with Crippen molar-refractivity contribution in [1.29, 1.82) is 0 Å². The minimum atomic E-state index is -0.0118. The highest BCUT2D eigenvalue weighted by Gasteiger charge is 2.29. The first-order valence-electron chi connectivity index (χ1n) is 8.57. The van der Waals surface area contributed by atoms with Crippen LogP contribution in [0, 0.1) is 5.92 Å². The number of amides is 1. The van der Waals surface area contributed by atoms with Crippen molar-refractivity contribution in [3.8, 4) is 17.1 Å². The first-order chi connectivity index (χ1) is 13.1. The monoisotopic (exact) mass is 365 g/mol. The maximum absolute atomic E-state index is 11.9. The number of para-hydroxylation sites is 1. The Morgan fingerprint density at radius 2 is 2.19 bits per heavy atom. The van der Waals surface area contributed by atoms with Crippen LogP contribution in [0.5, 0.6) is 5.75 Å². The molecule has 1 aliphatic carbocycles. The summed E-state index contributed by atoms with van der Waals surface area (Å²) in [5.41, 5.74) is 2.18. The Hall–Kier alpha value is -3.49. The van der Waals surface area contributed by atoms with Crippen LogP contribution in [0.3, 0.4) is 0 Å². The number of carbonyl (C=O) groups excluding carboxylic acids is 1. The zero-order valence-corrected chi connectivity index (χ0v) is 15.0. The molecule has 0 atom stereocenters. The molecular formula is C18H19N7O2. The highest BCUT2D eigenvalue weighted by Crippen LogP contribution is 2.36. The maximum Gasteiger partial charge on any atom is 0.228 e. The Balaban J connectivity index is 1.60. The van der Waals surface area contributed by atoms with Gasteiger partial charge in [-0.1, -0.05) is 6.07 Å². The SMILES string of the molecule is COc1c(Nc2cnnc(NC(=O)C3CC3)c2)cccc1-c1ncn(C)n1. The van der Waals surface area contributed by atoms with Gasteiger partial charge < -0.3 is 15.4 Å². The van der Waals surface area contributed by atoms with Crippen LogP contribution in [0.1, 0.15) is 12.8 Å². The van der Waals surface area contributed by atoms with Crippen LogP contribution in [-0.4, -0.2) is 38.0 Å². The number of nitrogens with zero attached hydrogens (tertiary/aromatic N) is 5. The number of hydrogen-bond acceptors (Lipinski definition) is 7. The normalized spacial score (nSPS) is 13.3. The van der Waals surface area contributed by atoms with Crippen molar-refractivity contribution in [3.63, 3.8) is 0 Å². The van der Waals surface area contributed by atoms with Gasteiger partial charge in [-0.05, 0) is 25.0 Å². The molecule has 4 rings (SSSR count). The van der Waals surface area contributed by atoms with Crippen molar-refractivity contribution in [3.05, 3.63) is 36.8 Å². The summed E-state index contributed by atoms with van der Waals surface area (Å²) >= 11 is 0. The minimum Gasteiger partial charge on any atom is -0.494 e. The Bertz CT molecular complexity index is 981. The second kappa shape index (κ2) is 7.02. The van der Waals surface area contributed by atoms with Gasteiger partial charge in [-0.25, -0.2) is 4.98 Å². The van der Waals surface area contributed by atoms with Gasteiger partial charge in [0.1, 0.15) is 6.33 Å². The fourth-order valence-corrected chi connectivity index (χ4v) is 2.72. The smallest absolute Gasteiger partial charge is 0.228 e. The van der Waals surface area contributed by atoms with Crippen molar-refractivity contribution in [2.24, 2.45) is 13.0 Å². The Labute approximate surface area is 155 Å². The summed E-state index contributed by atoms with van der Waals surface area (Å²) in [6.45, 7) is 0. The van der Waals surface area contributed by atoms with Gasteiger partial charge in [0.25, 0.3) is 0 Å². The van der Waals surface area contributed by atoms with E-state index in [0.717, 1.165) is 24.1 Å². The summed E-state index contributed by atoms with van der Waals surface area (Å²) < 4.78 is 7.22. The first kappa shape index (κ1) is 17.0. The molecule has 0 bridgehead atoms. The van der Waals surface area contributed by atoms with E-state index in [0.29, 0.717) is 23.1 Å². The number of rotatable bonds is 6. The van der Waals surface area contributed by atoms with Gasteiger partial charge in [0.05, 0.1) is 30.2 Å². The third kappa shape index (κ3) is 3.71. The molecule has 138 valence electrons. The van der Waals surface area contributed by atoms with E-state index in [-0.39, 0.29) is 11.8 Å². The number of methoxy groups -OCH3 is 1. The van der Waals surface area contributed by atoms with Crippen LogP contribution in [0.25, 0.3) is 11.4 Å². The van der Waals surface area contributed by atoms with Gasteiger partial charge in [0.15, 0.2) is 17.4 Å². The molecule has 2 N–H and O–H groups in total. The summed E-state index contributed by atoms with van der Waals surface area (Å²) in [4.78, 5) is 16.2. The fourth-order valence-electron chi connectivity index (χ4n) is 2.72. The van der Waals surface area contributed by atoms with Crippen molar-refractivity contribution in [2.45, 2.75) is 12.8 Å². The Morgan fingerprint density at radius 1 is 1.33 bits per heavy atom. The molecule has 1 amide bonds. The molecule has 1 aromatic carbocycles. The average Bonchev–Trinajstić information content (AvgIpc) is 3.43.